The van der Waals surface area contributed by atoms with Crippen LogP contribution in [-0.2, 0) is 20.7 Å². The number of nitrogens with one attached hydrogen (secondary N) is 1. The third kappa shape index (κ3) is 6.10. The van der Waals surface area contributed by atoms with Crippen LogP contribution in [0.1, 0.15) is 92.3 Å². The first kappa shape index (κ1) is 24.7. The van der Waals surface area contributed by atoms with Crippen molar-refractivity contribution in [1.29, 1.82) is 0 Å². The Kier molecular flexibility index (Phi) is 8.81. The van der Waals surface area contributed by atoms with Crippen molar-refractivity contribution < 1.29 is 19.1 Å². The van der Waals surface area contributed by atoms with Crippen molar-refractivity contribution in [1.82, 2.24) is 5.32 Å². The van der Waals surface area contributed by atoms with Gasteiger partial charge >= 0.3 is 5.97 Å². The van der Waals surface area contributed by atoms with E-state index in [1.807, 2.05) is 25.1 Å². The van der Waals surface area contributed by atoms with Crippen molar-refractivity contribution in [3.05, 3.63) is 58.7 Å². The monoisotopic (exact) mass is 449 g/mol. The molecule has 176 valence electrons. The Hall–Kier alpha value is -2.95. The first-order valence-electron chi connectivity index (χ1n) is 12.2. The fourth-order valence-electron chi connectivity index (χ4n) is 4.50. The van der Waals surface area contributed by atoms with Crippen molar-refractivity contribution in [2.75, 3.05) is 13.2 Å². The van der Waals surface area contributed by atoms with Crippen LogP contribution in [0, 0.1) is 0 Å². The summed E-state index contributed by atoms with van der Waals surface area (Å²) >= 11 is 0. The number of ketones is 1. The van der Waals surface area contributed by atoms with Crippen molar-refractivity contribution in [3.8, 4) is 11.1 Å². The van der Waals surface area contributed by atoms with Gasteiger partial charge in [0.1, 0.15) is 6.61 Å². The third-order valence-corrected chi connectivity index (χ3v) is 6.19. The van der Waals surface area contributed by atoms with E-state index in [1.165, 1.54) is 6.92 Å². The molecule has 3 rings (SSSR count). The van der Waals surface area contributed by atoms with E-state index < -0.39 is 0 Å². The molecule has 0 fully saturated rings. The van der Waals surface area contributed by atoms with Gasteiger partial charge in [0, 0.05) is 37.8 Å². The maximum atomic E-state index is 13.0. The van der Waals surface area contributed by atoms with Gasteiger partial charge in [-0.15, -0.1) is 0 Å². The fraction of sp³-hybridized carbons (Fsp3) is 0.464. The number of unbranched alkanes of at least 4 members (excludes halogenated alkanes) is 1. The normalized spacial score (nSPS) is 13.8. The molecule has 1 unspecified atom stereocenters. The zero-order valence-corrected chi connectivity index (χ0v) is 20.0. The minimum absolute atomic E-state index is 0.0911. The number of amides is 1. The van der Waals surface area contributed by atoms with Gasteiger partial charge in [0.15, 0.2) is 5.78 Å². The lowest BCUT2D eigenvalue weighted by Gasteiger charge is -2.14. The van der Waals surface area contributed by atoms with Gasteiger partial charge in [-0.3, -0.25) is 14.4 Å². The Labute approximate surface area is 196 Å². The van der Waals surface area contributed by atoms with Crippen molar-refractivity contribution in [2.45, 2.75) is 71.6 Å². The molecule has 0 aromatic heterocycles. The number of fused-ring (bicyclic) bond motifs is 3. The average Bonchev–Trinajstić information content (AvgIpc) is 3.12. The van der Waals surface area contributed by atoms with Gasteiger partial charge in [0.2, 0.25) is 5.91 Å². The molecule has 0 spiro atoms. The first-order valence-corrected chi connectivity index (χ1v) is 12.2. The molecular weight excluding hydrogens is 414 g/mol. The average molecular weight is 450 g/mol. The summed E-state index contributed by atoms with van der Waals surface area (Å²) in [7, 11) is 0. The number of esters is 1. The molecule has 5 nitrogen and oxygen atoms in total. The largest absolute Gasteiger partial charge is 0.465 e. The number of Topliss-reactive ketones (excluding diaryl/α,β-unsaturated/α-hetero) is 1. The lowest BCUT2D eigenvalue weighted by atomic mass is 9.93. The Morgan fingerprint density at radius 2 is 1.79 bits per heavy atom. The standard InChI is InChI=1S/C28H35NO4/c1-4-6-12-26(31)23-11-8-10-21-25(18-33-19(3)30)24-17-20(14-15-22(24)28(21)23)9-7-13-27(32)29-16-5-2/h8,10-11,14-15,17,25H,4-7,9,12-13,16,18H2,1-3H3,(H,29,32). The van der Waals surface area contributed by atoms with Gasteiger partial charge in [0.25, 0.3) is 0 Å². The predicted octanol–water partition coefficient (Wildman–Crippen LogP) is 5.58. The zero-order valence-electron chi connectivity index (χ0n) is 20.0. The molecule has 0 heterocycles. The van der Waals surface area contributed by atoms with E-state index in [0.29, 0.717) is 19.4 Å². The summed E-state index contributed by atoms with van der Waals surface area (Å²) in [5, 5.41) is 2.92. The van der Waals surface area contributed by atoms with Crippen LogP contribution in [0.2, 0.25) is 0 Å². The fourth-order valence-corrected chi connectivity index (χ4v) is 4.50. The lowest BCUT2D eigenvalue weighted by Crippen LogP contribution is -2.23. The summed E-state index contributed by atoms with van der Waals surface area (Å²) in [6, 6.07) is 12.2. The topological polar surface area (TPSA) is 72.5 Å². The van der Waals surface area contributed by atoms with Gasteiger partial charge < -0.3 is 10.1 Å². The number of rotatable bonds is 12. The van der Waals surface area contributed by atoms with E-state index in [-0.39, 0.29) is 30.2 Å². The van der Waals surface area contributed by atoms with Crippen molar-refractivity contribution in [2.24, 2.45) is 0 Å². The van der Waals surface area contributed by atoms with Crippen LogP contribution < -0.4 is 5.32 Å². The van der Waals surface area contributed by atoms with Crippen molar-refractivity contribution >= 4 is 17.7 Å². The van der Waals surface area contributed by atoms with Crippen LogP contribution in [0.3, 0.4) is 0 Å². The van der Waals surface area contributed by atoms with Crippen LogP contribution in [0.15, 0.2) is 36.4 Å². The summed E-state index contributed by atoms with van der Waals surface area (Å²) in [4.78, 5) is 36.4. The molecule has 1 aliphatic rings. The lowest BCUT2D eigenvalue weighted by molar-refractivity contribution is -0.141. The van der Waals surface area contributed by atoms with E-state index in [0.717, 1.165) is 65.5 Å². The number of hydrogen-bond donors (Lipinski definition) is 1. The van der Waals surface area contributed by atoms with Crippen LogP contribution in [0.5, 0.6) is 0 Å². The summed E-state index contributed by atoms with van der Waals surface area (Å²) in [5.74, 6) is -0.150. The maximum Gasteiger partial charge on any atom is 0.302 e. The number of carbonyl (C=O) groups excluding carboxylic acids is 3. The number of hydrogen-bond acceptors (Lipinski definition) is 4. The molecule has 5 heteroatoms. The second-order valence-electron chi connectivity index (χ2n) is 8.78. The minimum Gasteiger partial charge on any atom is -0.465 e. The van der Waals surface area contributed by atoms with E-state index >= 15 is 0 Å². The van der Waals surface area contributed by atoms with Gasteiger partial charge in [-0.1, -0.05) is 56.7 Å². The van der Waals surface area contributed by atoms with E-state index in [2.05, 4.69) is 30.4 Å². The molecule has 1 amide bonds. The van der Waals surface area contributed by atoms with Crippen LogP contribution in [-0.4, -0.2) is 30.8 Å². The molecule has 1 N–H and O–H groups in total. The van der Waals surface area contributed by atoms with Crippen molar-refractivity contribution in [3.63, 3.8) is 0 Å². The van der Waals surface area contributed by atoms with Gasteiger partial charge in [-0.25, -0.2) is 0 Å². The third-order valence-electron chi connectivity index (χ3n) is 6.19. The Morgan fingerprint density at radius 1 is 0.970 bits per heavy atom. The highest BCUT2D eigenvalue weighted by molar-refractivity contribution is 6.04. The highest BCUT2D eigenvalue weighted by Gasteiger charge is 2.32. The molecule has 0 aliphatic heterocycles. The Morgan fingerprint density at radius 3 is 2.52 bits per heavy atom. The van der Waals surface area contributed by atoms with E-state index in [9.17, 15) is 14.4 Å². The smallest absolute Gasteiger partial charge is 0.302 e. The molecule has 0 saturated carbocycles. The zero-order chi connectivity index (χ0) is 23.8. The van der Waals surface area contributed by atoms with Crippen LogP contribution in [0.4, 0.5) is 0 Å². The number of carbonyl (C=O) groups is 3. The van der Waals surface area contributed by atoms with E-state index in [4.69, 9.17) is 4.74 Å². The molecule has 1 atom stereocenters. The van der Waals surface area contributed by atoms with Crippen LogP contribution >= 0.6 is 0 Å². The van der Waals surface area contributed by atoms with Crippen LogP contribution in [0.25, 0.3) is 11.1 Å². The summed E-state index contributed by atoms with van der Waals surface area (Å²) in [6.07, 6.45) is 5.40. The van der Waals surface area contributed by atoms with Gasteiger partial charge in [-0.2, -0.15) is 0 Å². The highest BCUT2D eigenvalue weighted by Crippen LogP contribution is 2.47. The minimum atomic E-state index is -0.311. The first-order chi connectivity index (χ1) is 16.0. The van der Waals surface area contributed by atoms with Gasteiger partial charge in [0.05, 0.1) is 0 Å². The molecule has 0 saturated heterocycles. The predicted molar refractivity (Wildman–Crippen MR) is 130 cm³/mol. The molecule has 0 bridgehead atoms. The Balaban J connectivity index is 1.87. The summed E-state index contributed by atoms with van der Waals surface area (Å²) in [5.41, 5.74) is 6.08. The number of benzene rings is 2. The molecule has 2 aromatic carbocycles. The molecule has 2 aromatic rings. The number of aryl methyl sites for hydroxylation is 1. The second kappa shape index (κ2) is 11.8. The van der Waals surface area contributed by atoms with E-state index in [1.54, 1.807) is 0 Å². The molecule has 33 heavy (non-hydrogen) atoms. The molecule has 0 radical (unpaired) electrons. The number of ether oxygens (including phenoxy) is 1. The summed E-state index contributed by atoms with van der Waals surface area (Å²) in [6.45, 7) is 6.51. The molecular formula is C28H35NO4. The van der Waals surface area contributed by atoms with Gasteiger partial charge in [-0.05, 0) is 53.5 Å². The second-order valence-corrected chi connectivity index (χ2v) is 8.78. The summed E-state index contributed by atoms with van der Waals surface area (Å²) < 4.78 is 5.42. The Bertz CT molecular complexity index is 1010. The maximum absolute atomic E-state index is 13.0. The quantitative estimate of drug-likeness (QED) is 0.339. The molecule has 1 aliphatic carbocycles. The SMILES string of the molecule is CCCCC(=O)c1cccc2c1-c1ccc(CCCC(=O)NCCC)cc1C2COC(C)=O. The highest BCUT2D eigenvalue weighted by atomic mass is 16.5.